The van der Waals surface area contributed by atoms with Crippen molar-refractivity contribution in [2.75, 3.05) is 16.8 Å². The molecule has 0 aromatic heterocycles. The van der Waals surface area contributed by atoms with Crippen molar-refractivity contribution in [2.45, 2.75) is 71.1 Å². The molecule has 0 aliphatic carbocycles. The molecule has 0 saturated heterocycles. The Bertz CT molecular complexity index is 843. The first-order valence-corrected chi connectivity index (χ1v) is 12.6. The number of anilines is 4. The normalized spacial score (nSPS) is 10.8. The van der Waals surface area contributed by atoms with Crippen LogP contribution in [0.25, 0.3) is 0 Å². The van der Waals surface area contributed by atoms with Crippen LogP contribution in [0, 0.1) is 0 Å². The third-order valence-electron chi connectivity index (χ3n) is 6.04. The molecule has 0 spiro atoms. The summed E-state index contributed by atoms with van der Waals surface area (Å²) in [6.07, 6.45) is 13.7. The van der Waals surface area contributed by atoms with Crippen LogP contribution in [0.2, 0.25) is 0 Å². The van der Waals surface area contributed by atoms with Gasteiger partial charge in [-0.2, -0.15) is 0 Å². The van der Waals surface area contributed by atoms with Gasteiger partial charge in [-0.3, -0.25) is 0 Å². The highest BCUT2D eigenvalue weighted by molar-refractivity contribution is 5.67. The Morgan fingerprint density at radius 3 is 1.56 bits per heavy atom. The lowest BCUT2D eigenvalue weighted by Crippen LogP contribution is -2.18. The molecule has 0 heterocycles. The molecule has 2 nitrogen and oxygen atoms in total. The van der Waals surface area contributed by atoms with Gasteiger partial charge in [-0.25, -0.2) is 0 Å². The number of rotatable bonds is 15. The second-order valence-electron chi connectivity index (χ2n) is 8.71. The van der Waals surface area contributed by atoms with Gasteiger partial charge in [0, 0.05) is 29.3 Å². The van der Waals surface area contributed by atoms with Crippen LogP contribution < -0.4 is 10.2 Å². The average molecular weight is 429 g/mol. The van der Waals surface area contributed by atoms with Gasteiger partial charge in [0.15, 0.2) is 0 Å². The van der Waals surface area contributed by atoms with E-state index in [0.717, 1.165) is 17.9 Å². The average Bonchev–Trinajstić information content (AvgIpc) is 2.85. The molecule has 32 heavy (non-hydrogen) atoms. The summed E-state index contributed by atoms with van der Waals surface area (Å²) in [5.41, 5.74) is 4.76. The molecule has 0 radical (unpaired) electrons. The third-order valence-corrected chi connectivity index (χ3v) is 6.04. The van der Waals surface area contributed by atoms with Crippen molar-refractivity contribution in [2.24, 2.45) is 0 Å². The van der Waals surface area contributed by atoms with E-state index in [1.807, 2.05) is 6.07 Å². The van der Waals surface area contributed by atoms with Crippen LogP contribution in [0.5, 0.6) is 0 Å². The quantitative estimate of drug-likeness (QED) is 0.242. The summed E-state index contributed by atoms with van der Waals surface area (Å²) >= 11 is 0. The van der Waals surface area contributed by atoms with E-state index in [1.165, 1.54) is 75.6 Å². The Hall–Kier alpha value is -2.74. The van der Waals surface area contributed by atoms with Crippen LogP contribution in [-0.4, -0.2) is 6.54 Å². The minimum absolute atomic E-state index is 1.06. The van der Waals surface area contributed by atoms with Gasteiger partial charge < -0.3 is 10.2 Å². The molecule has 0 unspecified atom stereocenters. The maximum atomic E-state index is 3.48. The van der Waals surface area contributed by atoms with Gasteiger partial charge in [0.05, 0.1) is 0 Å². The van der Waals surface area contributed by atoms with Gasteiger partial charge in [0.2, 0.25) is 0 Å². The Morgan fingerprint density at radius 2 is 0.969 bits per heavy atom. The number of hydrogen-bond donors (Lipinski definition) is 1. The fourth-order valence-corrected chi connectivity index (χ4v) is 4.19. The minimum Gasteiger partial charge on any atom is -0.356 e. The SMILES string of the molecule is CCCCCCCCCCCCN(c1ccccc1)c1ccc(Nc2ccccc2)cc1. The molecule has 0 aliphatic heterocycles. The highest BCUT2D eigenvalue weighted by atomic mass is 15.1. The molecule has 0 aliphatic rings. The summed E-state index contributed by atoms with van der Waals surface area (Å²) in [7, 11) is 0. The number of benzene rings is 3. The van der Waals surface area contributed by atoms with Crippen molar-refractivity contribution >= 4 is 22.7 Å². The second-order valence-corrected chi connectivity index (χ2v) is 8.71. The number of nitrogens with zero attached hydrogens (tertiary/aromatic N) is 1. The van der Waals surface area contributed by atoms with Gasteiger partial charge >= 0.3 is 0 Å². The van der Waals surface area contributed by atoms with Crippen molar-refractivity contribution < 1.29 is 0 Å². The zero-order valence-electron chi connectivity index (χ0n) is 19.8. The van der Waals surface area contributed by atoms with Crippen LogP contribution in [-0.2, 0) is 0 Å². The predicted octanol–water partition coefficient (Wildman–Crippen LogP) is 9.49. The molecule has 0 fully saturated rings. The summed E-state index contributed by atoms with van der Waals surface area (Å²) in [6.45, 7) is 3.35. The van der Waals surface area contributed by atoms with Crippen LogP contribution in [0.15, 0.2) is 84.9 Å². The topological polar surface area (TPSA) is 15.3 Å². The van der Waals surface area contributed by atoms with Crippen molar-refractivity contribution in [1.82, 2.24) is 0 Å². The minimum atomic E-state index is 1.06. The fourth-order valence-electron chi connectivity index (χ4n) is 4.19. The first-order valence-electron chi connectivity index (χ1n) is 12.6. The molecule has 2 heteroatoms. The maximum absolute atomic E-state index is 3.48. The molecule has 170 valence electrons. The Morgan fingerprint density at radius 1 is 0.500 bits per heavy atom. The Balaban J connectivity index is 1.49. The lowest BCUT2D eigenvalue weighted by Gasteiger charge is -2.25. The van der Waals surface area contributed by atoms with E-state index < -0.39 is 0 Å². The molecular weight excluding hydrogens is 388 g/mol. The van der Waals surface area contributed by atoms with Crippen LogP contribution >= 0.6 is 0 Å². The van der Waals surface area contributed by atoms with Gasteiger partial charge in [-0.05, 0) is 55.0 Å². The summed E-state index contributed by atoms with van der Waals surface area (Å²) in [4.78, 5) is 2.46. The highest BCUT2D eigenvalue weighted by Gasteiger charge is 2.09. The molecule has 0 atom stereocenters. The number of hydrogen-bond acceptors (Lipinski definition) is 2. The molecule has 0 amide bonds. The van der Waals surface area contributed by atoms with E-state index in [2.05, 4.69) is 96.0 Å². The van der Waals surface area contributed by atoms with Crippen molar-refractivity contribution in [3.63, 3.8) is 0 Å². The van der Waals surface area contributed by atoms with Crippen LogP contribution in [0.3, 0.4) is 0 Å². The summed E-state index contributed by atoms with van der Waals surface area (Å²) < 4.78 is 0. The van der Waals surface area contributed by atoms with Crippen molar-refractivity contribution in [3.8, 4) is 0 Å². The zero-order chi connectivity index (χ0) is 22.3. The predicted molar refractivity (Wildman–Crippen MR) is 141 cm³/mol. The smallest absolute Gasteiger partial charge is 0.0412 e. The van der Waals surface area contributed by atoms with Crippen LogP contribution in [0.1, 0.15) is 71.1 Å². The van der Waals surface area contributed by atoms with Gasteiger partial charge in [-0.15, -0.1) is 0 Å². The van der Waals surface area contributed by atoms with E-state index in [1.54, 1.807) is 0 Å². The van der Waals surface area contributed by atoms with E-state index >= 15 is 0 Å². The standard InChI is InChI=1S/C30H40N2/c1-2-3-4-5-6-7-8-9-10-17-26-32(29-20-15-12-16-21-29)30-24-22-28(23-25-30)31-27-18-13-11-14-19-27/h11-16,18-25,31H,2-10,17,26H2,1H3. The number of para-hydroxylation sites is 2. The summed E-state index contributed by atoms with van der Waals surface area (Å²) in [5, 5.41) is 3.48. The molecule has 3 aromatic carbocycles. The maximum Gasteiger partial charge on any atom is 0.0412 e. The van der Waals surface area contributed by atoms with E-state index in [-0.39, 0.29) is 0 Å². The van der Waals surface area contributed by atoms with Gasteiger partial charge in [-0.1, -0.05) is 101 Å². The number of unbranched alkanes of at least 4 members (excludes halogenated alkanes) is 9. The molecule has 0 saturated carbocycles. The van der Waals surface area contributed by atoms with Crippen LogP contribution in [0.4, 0.5) is 22.7 Å². The van der Waals surface area contributed by atoms with Crippen molar-refractivity contribution in [3.05, 3.63) is 84.9 Å². The second kappa shape index (κ2) is 14.3. The first-order chi connectivity index (χ1) is 15.9. The molecule has 1 N–H and O–H groups in total. The van der Waals surface area contributed by atoms with E-state index in [9.17, 15) is 0 Å². The Kier molecular flexibility index (Phi) is 10.7. The largest absolute Gasteiger partial charge is 0.356 e. The lowest BCUT2D eigenvalue weighted by molar-refractivity contribution is 0.557. The lowest BCUT2D eigenvalue weighted by atomic mass is 10.1. The monoisotopic (exact) mass is 428 g/mol. The summed E-state index contributed by atoms with van der Waals surface area (Å²) in [6, 6.07) is 29.9. The molecule has 3 rings (SSSR count). The molecular formula is C30H40N2. The van der Waals surface area contributed by atoms with E-state index in [0.29, 0.717) is 0 Å². The third kappa shape index (κ3) is 8.42. The zero-order valence-corrected chi connectivity index (χ0v) is 19.8. The van der Waals surface area contributed by atoms with E-state index in [4.69, 9.17) is 0 Å². The van der Waals surface area contributed by atoms with Gasteiger partial charge in [0.25, 0.3) is 0 Å². The number of nitrogens with one attached hydrogen (secondary N) is 1. The first kappa shape index (κ1) is 23.9. The fraction of sp³-hybridized carbons (Fsp3) is 0.400. The highest BCUT2D eigenvalue weighted by Crippen LogP contribution is 2.28. The Labute approximate surface area is 195 Å². The summed E-state index contributed by atoms with van der Waals surface area (Å²) in [5.74, 6) is 0. The molecule has 0 bridgehead atoms. The van der Waals surface area contributed by atoms with Gasteiger partial charge in [0.1, 0.15) is 0 Å². The molecule has 3 aromatic rings. The van der Waals surface area contributed by atoms with Crippen molar-refractivity contribution in [1.29, 1.82) is 0 Å².